The van der Waals surface area contributed by atoms with Crippen molar-refractivity contribution in [2.24, 2.45) is 0 Å². The van der Waals surface area contributed by atoms with Gasteiger partial charge in [-0.3, -0.25) is 9.69 Å². The van der Waals surface area contributed by atoms with Crippen LogP contribution in [0.15, 0.2) is 28.7 Å². The summed E-state index contributed by atoms with van der Waals surface area (Å²) in [6.45, 7) is 0.716. The molecule has 8 nitrogen and oxygen atoms in total. The highest BCUT2D eigenvalue weighted by atomic mass is 79.9. The van der Waals surface area contributed by atoms with Gasteiger partial charge < -0.3 is 9.84 Å². The first-order chi connectivity index (χ1) is 11.1. The van der Waals surface area contributed by atoms with E-state index in [2.05, 4.69) is 31.5 Å². The molecule has 2 atom stereocenters. The number of hydrogen-bond acceptors (Lipinski definition) is 7. The summed E-state index contributed by atoms with van der Waals surface area (Å²) >= 11 is 3.48. The van der Waals surface area contributed by atoms with Gasteiger partial charge in [0.15, 0.2) is 5.82 Å². The Hall–Kier alpha value is -1.84. The lowest BCUT2D eigenvalue weighted by Gasteiger charge is -2.21. The average Bonchev–Trinajstić information content (AvgIpc) is 3.14. The number of benzene rings is 1. The number of tetrazole rings is 1. The highest BCUT2D eigenvalue weighted by molar-refractivity contribution is 9.10. The molecule has 1 aromatic heterocycles. The number of hydrogen-bond donors (Lipinski definition) is 1. The molecule has 0 amide bonds. The molecule has 0 saturated carbocycles. The van der Waals surface area contributed by atoms with Crippen LogP contribution in [-0.2, 0) is 16.1 Å². The van der Waals surface area contributed by atoms with Crippen molar-refractivity contribution < 1.29 is 14.6 Å². The molecule has 1 saturated heterocycles. The number of ether oxygens (including phenoxy) is 1. The van der Waals surface area contributed by atoms with Crippen LogP contribution in [0.2, 0.25) is 0 Å². The van der Waals surface area contributed by atoms with Crippen molar-refractivity contribution in [1.82, 2.24) is 25.1 Å². The molecule has 1 aromatic carbocycles. The minimum Gasteiger partial charge on any atom is -0.468 e. The third-order valence-corrected chi connectivity index (χ3v) is 4.48. The Labute approximate surface area is 141 Å². The van der Waals surface area contributed by atoms with E-state index < -0.39 is 12.1 Å². The molecule has 2 aromatic rings. The summed E-state index contributed by atoms with van der Waals surface area (Å²) in [7, 11) is 1.34. The monoisotopic (exact) mass is 381 g/mol. The predicted octanol–water partition coefficient (Wildman–Crippen LogP) is 0.533. The van der Waals surface area contributed by atoms with Crippen LogP contribution in [0.3, 0.4) is 0 Å². The lowest BCUT2D eigenvalue weighted by molar-refractivity contribution is -0.146. The Balaban J connectivity index is 1.85. The van der Waals surface area contributed by atoms with E-state index in [1.54, 1.807) is 4.68 Å². The number of β-amino-alcohol motifs (C(OH)–C–C–N with tert-alkyl or cyclic N) is 1. The first-order valence-corrected chi connectivity index (χ1v) is 7.91. The van der Waals surface area contributed by atoms with Crippen molar-refractivity contribution in [3.05, 3.63) is 34.6 Å². The average molecular weight is 382 g/mol. The third kappa shape index (κ3) is 3.26. The van der Waals surface area contributed by atoms with Gasteiger partial charge in [0.25, 0.3) is 0 Å². The van der Waals surface area contributed by atoms with Crippen molar-refractivity contribution in [2.45, 2.75) is 25.1 Å². The lowest BCUT2D eigenvalue weighted by Crippen LogP contribution is -2.37. The van der Waals surface area contributed by atoms with Crippen LogP contribution < -0.4 is 0 Å². The summed E-state index contributed by atoms with van der Waals surface area (Å²) in [4.78, 5) is 13.7. The number of para-hydroxylation sites is 1. The molecule has 0 radical (unpaired) electrons. The standard InChI is InChI=1S/C14H16BrN5O3/c1-23-14(22)12-6-9(21)7-19(12)8-13-16-17-18-20(13)11-5-3-2-4-10(11)15/h2-5,9,12,21H,6-8H2,1H3/t9-,12+/m1/s1. The molecule has 0 unspecified atom stereocenters. The number of methoxy groups -OCH3 is 1. The highest BCUT2D eigenvalue weighted by Gasteiger charge is 2.37. The van der Waals surface area contributed by atoms with Gasteiger partial charge in [0.1, 0.15) is 6.04 Å². The fraction of sp³-hybridized carbons (Fsp3) is 0.429. The SMILES string of the molecule is COC(=O)[C@@H]1C[C@@H](O)CN1Cc1nnnn1-c1ccccc1Br. The van der Waals surface area contributed by atoms with Gasteiger partial charge >= 0.3 is 5.97 Å². The second-order valence-corrected chi connectivity index (χ2v) is 6.17. The van der Waals surface area contributed by atoms with Crippen molar-refractivity contribution in [2.75, 3.05) is 13.7 Å². The van der Waals surface area contributed by atoms with Gasteiger partial charge in [-0.15, -0.1) is 5.10 Å². The number of aliphatic hydroxyl groups excluding tert-OH is 1. The van der Waals surface area contributed by atoms with Crippen LogP contribution in [0, 0.1) is 0 Å². The third-order valence-electron chi connectivity index (χ3n) is 3.81. The fourth-order valence-electron chi connectivity index (χ4n) is 2.73. The van der Waals surface area contributed by atoms with E-state index in [9.17, 15) is 9.90 Å². The maximum atomic E-state index is 11.9. The molecule has 1 aliphatic heterocycles. The summed E-state index contributed by atoms with van der Waals surface area (Å²) in [5.41, 5.74) is 0.807. The zero-order valence-corrected chi connectivity index (χ0v) is 14.0. The second-order valence-electron chi connectivity index (χ2n) is 5.32. The second kappa shape index (κ2) is 6.73. The van der Waals surface area contributed by atoms with Crippen LogP contribution in [0.4, 0.5) is 0 Å². The fourth-order valence-corrected chi connectivity index (χ4v) is 3.18. The molecule has 9 heteroatoms. The molecule has 0 spiro atoms. The van der Waals surface area contributed by atoms with E-state index in [-0.39, 0.29) is 5.97 Å². The zero-order chi connectivity index (χ0) is 16.4. The Kier molecular flexibility index (Phi) is 4.69. The topological polar surface area (TPSA) is 93.4 Å². The number of aromatic nitrogens is 4. The lowest BCUT2D eigenvalue weighted by atomic mass is 10.2. The number of carbonyl (C=O) groups is 1. The van der Waals surface area contributed by atoms with Gasteiger partial charge in [-0.05, 0) is 38.5 Å². The van der Waals surface area contributed by atoms with Crippen LogP contribution >= 0.6 is 15.9 Å². The maximum Gasteiger partial charge on any atom is 0.323 e. The van der Waals surface area contributed by atoms with Gasteiger partial charge in [0.2, 0.25) is 0 Å². The summed E-state index contributed by atoms with van der Waals surface area (Å²) in [6.07, 6.45) is -0.213. The van der Waals surface area contributed by atoms with E-state index in [4.69, 9.17) is 4.74 Å². The number of halogens is 1. The molecule has 0 bridgehead atoms. The molecular formula is C14H16BrN5O3. The summed E-state index contributed by atoms with van der Waals surface area (Å²) in [5, 5.41) is 21.7. The molecule has 1 aliphatic rings. The molecule has 3 rings (SSSR count). The van der Waals surface area contributed by atoms with E-state index in [1.807, 2.05) is 29.2 Å². The number of esters is 1. The molecule has 23 heavy (non-hydrogen) atoms. The van der Waals surface area contributed by atoms with Crippen molar-refractivity contribution >= 4 is 21.9 Å². The smallest absolute Gasteiger partial charge is 0.323 e. The number of carbonyl (C=O) groups excluding carboxylic acids is 1. The van der Waals surface area contributed by atoms with Gasteiger partial charge in [0.05, 0.1) is 25.4 Å². The zero-order valence-electron chi connectivity index (χ0n) is 12.5. The molecule has 122 valence electrons. The van der Waals surface area contributed by atoms with Crippen molar-refractivity contribution in [3.8, 4) is 5.69 Å². The van der Waals surface area contributed by atoms with E-state index in [0.29, 0.717) is 25.3 Å². The Morgan fingerprint density at radius 1 is 1.48 bits per heavy atom. The number of likely N-dealkylation sites (tertiary alicyclic amines) is 1. The first kappa shape index (κ1) is 16.0. The van der Waals surface area contributed by atoms with Crippen LogP contribution in [0.5, 0.6) is 0 Å². The van der Waals surface area contributed by atoms with E-state index in [0.717, 1.165) is 10.2 Å². The van der Waals surface area contributed by atoms with Crippen molar-refractivity contribution in [3.63, 3.8) is 0 Å². The molecule has 0 aliphatic carbocycles. The predicted molar refractivity (Wildman–Crippen MR) is 83.7 cm³/mol. The minimum atomic E-state index is -0.563. The van der Waals surface area contributed by atoms with Gasteiger partial charge in [-0.25, -0.2) is 0 Å². The minimum absolute atomic E-state index is 0.338. The van der Waals surface area contributed by atoms with E-state index in [1.165, 1.54) is 7.11 Å². The van der Waals surface area contributed by atoms with Gasteiger partial charge in [0, 0.05) is 17.4 Å². The number of nitrogens with zero attached hydrogens (tertiary/aromatic N) is 5. The molecular weight excluding hydrogens is 366 g/mol. The van der Waals surface area contributed by atoms with Gasteiger partial charge in [-0.2, -0.15) is 4.68 Å². The summed E-state index contributed by atoms with van der Waals surface area (Å²) < 4.78 is 7.28. The molecule has 1 N–H and O–H groups in total. The largest absolute Gasteiger partial charge is 0.468 e. The Morgan fingerprint density at radius 2 is 2.26 bits per heavy atom. The van der Waals surface area contributed by atoms with Crippen LogP contribution in [0.1, 0.15) is 12.2 Å². The molecule has 2 heterocycles. The van der Waals surface area contributed by atoms with Gasteiger partial charge in [-0.1, -0.05) is 12.1 Å². The first-order valence-electron chi connectivity index (χ1n) is 7.12. The summed E-state index contributed by atoms with van der Waals surface area (Å²) in [6, 6.07) is 7.10. The summed E-state index contributed by atoms with van der Waals surface area (Å²) in [5.74, 6) is 0.223. The van der Waals surface area contributed by atoms with Crippen molar-refractivity contribution in [1.29, 1.82) is 0 Å². The molecule has 1 fully saturated rings. The Morgan fingerprint density at radius 3 is 3.00 bits per heavy atom. The van der Waals surface area contributed by atoms with Crippen LogP contribution in [0.25, 0.3) is 5.69 Å². The number of rotatable bonds is 4. The normalized spacial score (nSPS) is 21.5. The highest BCUT2D eigenvalue weighted by Crippen LogP contribution is 2.24. The number of aliphatic hydroxyl groups is 1. The Bertz CT molecular complexity index is 707. The van der Waals surface area contributed by atoms with E-state index >= 15 is 0 Å². The maximum absolute atomic E-state index is 11.9. The van der Waals surface area contributed by atoms with Crippen LogP contribution in [-0.4, -0.2) is 62.0 Å². The quantitative estimate of drug-likeness (QED) is 0.772.